The third-order valence-corrected chi connectivity index (χ3v) is 5.96. The Morgan fingerprint density at radius 2 is 1.74 bits per heavy atom. The summed E-state index contributed by atoms with van der Waals surface area (Å²) in [6.07, 6.45) is 2.09. The number of nitrogens with two attached hydrogens (primary N) is 1. The Labute approximate surface area is 160 Å². The van der Waals surface area contributed by atoms with E-state index >= 15 is 0 Å². The molecule has 6 nitrogen and oxygen atoms in total. The number of hydrogen-bond acceptors (Lipinski definition) is 6. The van der Waals surface area contributed by atoms with Gasteiger partial charge in [0.15, 0.2) is 0 Å². The van der Waals surface area contributed by atoms with E-state index in [1.807, 2.05) is 0 Å². The van der Waals surface area contributed by atoms with Gasteiger partial charge in [0.05, 0.1) is 9.79 Å². The van der Waals surface area contributed by atoms with Crippen LogP contribution in [0.5, 0.6) is 0 Å². The van der Waals surface area contributed by atoms with E-state index in [0.29, 0.717) is 17.2 Å². The zero-order valence-corrected chi connectivity index (χ0v) is 16.3. The second-order valence-electron chi connectivity index (χ2n) is 7.12. The number of nitrogens with zero attached hydrogens (tertiary/aromatic N) is 2. The van der Waals surface area contributed by atoms with Gasteiger partial charge in [-0.05, 0) is 69.0 Å². The van der Waals surface area contributed by atoms with Gasteiger partial charge in [-0.25, -0.2) is 13.4 Å². The summed E-state index contributed by atoms with van der Waals surface area (Å²) in [5.41, 5.74) is 5.29. The van der Waals surface area contributed by atoms with Crippen LogP contribution in [0.15, 0.2) is 46.2 Å². The van der Waals surface area contributed by atoms with E-state index in [9.17, 15) is 13.5 Å². The van der Waals surface area contributed by atoms with Crippen molar-refractivity contribution in [3.8, 4) is 11.8 Å². The molecule has 27 heavy (non-hydrogen) atoms. The summed E-state index contributed by atoms with van der Waals surface area (Å²) in [4.78, 5) is 6.84. The van der Waals surface area contributed by atoms with Crippen LogP contribution in [0, 0.1) is 11.8 Å². The summed E-state index contributed by atoms with van der Waals surface area (Å²) in [5.74, 6) is 6.08. The largest absolute Gasteiger partial charge is 0.399 e. The Morgan fingerprint density at radius 1 is 1.11 bits per heavy atom. The molecule has 0 aliphatic carbocycles. The van der Waals surface area contributed by atoms with Crippen LogP contribution in [0.4, 0.5) is 11.5 Å². The van der Waals surface area contributed by atoms with Crippen molar-refractivity contribution in [2.24, 2.45) is 0 Å². The minimum Gasteiger partial charge on any atom is -0.399 e. The van der Waals surface area contributed by atoms with Gasteiger partial charge >= 0.3 is 0 Å². The standard InChI is InChI=1S/C20H23N3O3S/c1-20(2,24)10-9-16-13-18(14-19(22-16)23-11-3-4-12-23)27(25,26)17-7-5-15(21)6-8-17/h5-8,13-14,24H,3-4,11-12,21H2,1-2H3. The zero-order valence-electron chi connectivity index (χ0n) is 15.4. The fourth-order valence-corrected chi connectivity index (χ4v) is 4.11. The number of nitrogen functional groups attached to an aromatic ring is 1. The number of hydrogen-bond donors (Lipinski definition) is 2. The number of benzene rings is 1. The van der Waals surface area contributed by atoms with Crippen molar-refractivity contribution in [2.45, 2.75) is 42.1 Å². The molecule has 2 aromatic rings. The lowest BCUT2D eigenvalue weighted by Gasteiger charge is -2.18. The van der Waals surface area contributed by atoms with E-state index in [1.54, 1.807) is 32.0 Å². The van der Waals surface area contributed by atoms with Crippen molar-refractivity contribution in [3.05, 3.63) is 42.1 Å². The summed E-state index contributed by atoms with van der Waals surface area (Å²) in [7, 11) is -3.74. The molecule has 0 atom stereocenters. The lowest BCUT2D eigenvalue weighted by Crippen LogP contribution is -2.20. The maximum Gasteiger partial charge on any atom is 0.206 e. The van der Waals surface area contributed by atoms with Crippen molar-refractivity contribution >= 4 is 21.3 Å². The highest BCUT2D eigenvalue weighted by Crippen LogP contribution is 2.27. The second-order valence-corrected chi connectivity index (χ2v) is 9.07. The first kappa shape index (κ1) is 19.2. The molecule has 2 heterocycles. The molecule has 142 valence electrons. The van der Waals surface area contributed by atoms with Crippen LogP contribution in [0.3, 0.4) is 0 Å². The lowest BCUT2D eigenvalue weighted by molar-refractivity contribution is 0.143. The molecule has 3 rings (SSSR count). The second kappa shape index (κ2) is 7.22. The normalized spacial score (nSPS) is 14.7. The Kier molecular flexibility index (Phi) is 5.13. The van der Waals surface area contributed by atoms with E-state index in [2.05, 4.69) is 21.7 Å². The van der Waals surface area contributed by atoms with Crippen molar-refractivity contribution < 1.29 is 13.5 Å². The summed E-state index contributed by atoms with van der Waals surface area (Å²) in [5, 5.41) is 9.85. The number of sulfone groups is 1. The molecule has 1 aliphatic heterocycles. The van der Waals surface area contributed by atoms with E-state index in [-0.39, 0.29) is 9.79 Å². The summed E-state index contributed by atoms with van der Waals surface area (Å²) in [6, 6.07) is 9.14. The number of anilines is 2. The summed E-state index contributed by atoms with van der Waals surface area (Å²) < 4.78 is 26.2. The minimum absolute atomic E-state index is 0.129. The Hall–Kier alpha value is -2.56. The van der Waals surface area contributed by atoms with Gasteiger partial charge in [-0.3, -0.25) is 0 Å². The van der Waals surface area contributed by atoms with Crippen LogP contribution in [0.25, 0.3) is 0 Å². The number of aliphatic hydroxyl groups is 1. The van der Waals surface area contributed by atoms with Crippen LogP contribution < -0.4 is 10.6 Å². The average molecular weight is 385 g/mol. The molecule has 1 aromatic carbocycles. The molecule has 7 heteroatoms. The molecule has 0 amide bonds. The van der Waals surface area contributed by atoms with Crippen LogP contribution >= 0.6 is 0 Å². The van der Waals surface area contributed by atoms with Crippen LogP contribution in [0.1, 0.15) is 32.4 Å². The molecular formula is C20H23N3O3S. The van der Waals surface area contributed by atoms with E-state index in [0.717, 1.165) is 25.9 Å². The highest BCUT2D eigenvalue weighted by molar-refractivity contribution is 7.91. The van der Waals surface area contributed by atoms with Crippen molar-refractivity contribution in [1.29, 1.82) is 0 Å². The molecule has 1 saturated heterocycles. The third-order valence-electron chi connectivity index (χ3n) is 4.21. The fraction of sp³-hybridized carbons (Fsp3) is 0.350. The van der Waals surface area contributed by atoms with Gasteiger partial charge < -0.3 is 15.7 Å². The first-order chi connectivity index (χ1) is 12.6. The lowest BCUT2D eigenvalue weighted by atomic mass is 10.1. The molecule has 0 bridgehead atoms. The van der Waals surface area contributed by atoms with E-state index < -0.39 is 15.4 Å². The molecule has 1 aliphatic rings. The van der Waals surface area contributed by atoms with E-state index in [1.165, 1.54) is 18.2 Å². The molecular weight excluding hydrogens is 362 g/mol. The highest BCUT2D eigenvalue weighted by Gasteiger charge is 2.22. The predicted molar refractivity (Wildman–Crippen MR) is 105 cm³/mol. The first-order valence-corrected chi connectivity index (χ1v) is 10.3. The predicted octanol–water partition coefficient (Wildman–Crippen LogP) is 2.22. The van der Waals surface area contributed by atoms with Gasteiger partial charge in [-0.15, -0.1) is 0 Å². The number of aromatic nitrogens is 1. The Balaban J connectivity index is 2.11. The van der Waals surface area contributed by atoms with Crippen LogP contribution in [-0.2, 0) is 9.84 Å². The monoisotopic (exact) mass is 385 g/mol. The fourth-order valence-electron chi connectivity index (χ4n) is 2.82. The SMILES string of the molecule is CC(C)(O)C#Cc1cc(S(=O)(=O)c2ccc(N)cc2)cc(N2CCCC2)n1. The van der Waals surface area contributed by atoms with Crippen molar-refractivity contribution in [3.63, 3.8) is 0 Å². The topological polar surface area (TPSA) is 96.5 Å². The van der Waals surface area contributed by atoms with Gasteiger partial charge in [-0.2, -0.15) is 0 Å². The molecule has 0 unspecified atom stereocenters. The third kappa shape index (κ3) is 4.59. The molecule has 0 radical (unpaired) electrons. The van der Waals surface area contributed by atoms with Crippen LogP contribution in [0.2, 0.25) is 0 Å². The maximum absolute atomic E-state index is 13.1. The van der Waals surface area contributed by atoms with Crippen molar-refractivity contribution in [2.75, 3.05) is 23.7 Å². The molecule has 1 fully saturated rings. The highest BCUT2D eigenvalue weighted by atomic mass is 32.2. The first-order valence-electron chi connectivity index (χ1n) is 8.78. The minimum atomic E-state index is -3.74. The molecule has 0 saturated carbocycles. The quantitative estimate of drug-likeness (QED) is 0.621. The number of rotatable bonds is 3. The molecule has 3 N–H and O–H groups in total. The van der Waals surface area contributed by atoms with Gasteiger partial charge in [-0.1, -0.05) is 5.92 Å². The smallest absolute Gasteiger partial charge is 0.206 e. The Morgan fingerprint density at radius 3 is 2.33 bits per heavy atom. The molecule has 1 aromatic heterocycles. The van der Waals surface area contributed by atoms with Crippen molar-refractivity contribution in [1.82, 2.24) is 4.98 Å². The molecule has 0 spiro atoms. The zero-order chi connectivity index (χ0) is 19.7. The number of pyridine rings is 1. The van der Waals surface area contributed by atoms with Gasteiger partial charge in [0.1, 0.15) is 17.1 Å². The van der Waals surface area contributed by atoms with Gasteiger partial charge in [0, 0.05) is 18.8 Å². The van der Waals surface area contributed by atoms with Crippen LogP contribution in [-0.4, -0.2) is 37.2 Å². The Bertz CT molecular complexity index is 991. The maximum atomic E-state index is 13.1. The van der Waals surface area contributed by atoms with Gasteiger partial charge in [0.25, 0.3) is 0 Å². The summed E-state index contributed by atoms with van der Waals surface area (Å²) >= 11 is 0. The summed E-state index contributed by atoms with van der Waals surface area (Å²) in [6.45, 7) is 4.79. The van der Waals surface area contributed by atoms with E-state index in [4.69, 9.17) is 5.73 Å². The average Bonchev–Trinajstić information content (AvgIpc) is 3.14. The van der Waals surface area contributed by atoms with Gasteiger partial charge in [0.2, 0.25) is 9.84 Å².